The lowest BCUT2D eigenvalue weighted by molar-refractivity contribution is -0.170. The first-order valence-corrected chi connectivity index (χ1v) is 13.6. The van der Waals surface area contributed by atoms with Crippen LogP contribution in [-0.4, -0.2) is 48.9 Å². The molecule has 0 heterocycles. The maximum absolute atomic E-state index is 12.6. The molecule has 0 fully saturated rings. The number of esters is 3. The lowest BCUT2D eigenvalue weighted by Crippen LogP contribution is -2.39. The minimum Gasteiger partial charge on any atom is -0.466 e. The van der Waals surface area contributed by atoms with Gasteiger partial charge < -0.3 is 19.3 Å². The first kappa shape index (κ1) is 32.4. The molecule has 0 amide bonds. The van der Waals surface area contributed by atoms with Crippen molar-refractivity contribution in [3.63, 3.8) is 0 Å². The van der Waals surface area contributed by atoms with Crippen molar-refractivity contribution in [2.75, 3.05) is 19.8 Å². The van der Waals surface area contributed by atoms with Crippen LogP contribution in [-0.2, 0) is 28.6 Å². The number of hydrogen-bond acceptors (Lipinski definition) is 7. The molecule has 34 heavy (non-hydrogen) atoms. The largest absolute Gasteiger partial charge is 0.466 e. The Morgan fingerprint density at radius 2 is 0.941 bits per heavy atom. The molecule has 0 saturated carbocycles. The fourth-order valence-electron chi connectivity index (χ4n) is 3.57. The molecule has 1 N–H and O–H groups in total. The molecular weight excluding hydrogens is 436 g/mol. The Balaban J connectivity index is 4.66. The fraction of sp³-hybridized carbons (Fsp3) is 0.889. The fourth-order valence-corrected chi connectivity index (χ4v) is 3.57. The van der Waals surface area contributed by atoms with Gasteiger partial charge >= 0.3 is 17.9 Å². The van der Waals surface area contributed by atoms with Crippen molar-refractivity contribution in [1.29, 1.82) is 0 Å². The van der Waals surface area contributed by atoms with Crippen molar-refractivity contribution in [3.8, 4) is 0 Å². The van der Waals surface area contributed by atoms with Crippen LogP contribution in [0.4, 0.5) is 0 Å². The highest BCUT2D eigenvalue weighted by atomic mass is 16.6. The van der Waals surface area contributed by atoms with E-state index in [4.69, 9.17) is 14.2 Å². The van der Waals surface area contributed by atoms with E-state index in [0.29, 0.717) is 12.8 Å². The van der Waals surface area contributed by atoms with Crippen molar-refractivity contribution in [2.24, 2.45) is 5.92 Å². The molecule has 7 heteroatoms. The lowest BCUT2D eigenvalue weighted by Gasteiger charge is -2.20. The molecule has 0 radical (unpaired) electrons. The molecule has 7 nitrogen and oxygen atoms in total. The summed E-state index contributed by atoms with van der Waals surface area (Å²) in [4.78, 5) is 37.2. The van der Waals surface area contributed by atoms with E-state index < -0.39 is 36.4 Å². The number of aliphatic hydroxyl groups is 1. The van der Waals surface area contributed by atoms with Crippen LogP contribution < -0.4 is 0 Å². The van der Waals surface area contributed by atoms with E-state index in [1.165, 1.54) is 0 Å². The van der Waals surface area contributed by atoms with Gasteiger partial charge in [0.15, 0.2) is 6.10 Å². The van der Waals surface area contributed by atoms with E-state index in [1.807, 2.05) is 0 Å². The van der Waals surface area contributed by atoms with E-state index >= 15 is 0 Å². The molecule has 0 spiro atoms. The average Bonchev–Trinajstić information content (AvgIpc) is 2.83. The molecule has 0 rings (SSSR count). The van der Waals surface area contributed by atoms with E-state index in [0.717, 1.165) is 83.5 Å². The van der Waals surface area contributed by atoms with Crippen LogP contribution in [0.5, 0.6) is 0 Å². The number of aliphatic hydroxyl groups excluding tert-OH is 1. The van der Waals surface area contributed by atoms with Gasteiger partial charge in [0.1, 0.15) is 5.92 Å². The van der Waals surface area contributed by atoms with Gasteiger partial charge in [-0.1, -0.05) is 97.8 Å². The summed E-state index contributed by atoms with van der Waals surface area (Å²) < 4.78 is 15.7. The number of carbonyl (C=O) groups is 3. The first-order chi connectivity index (χ1) is 16.5. The van der Waals surface area contributed by atoms with Crippen molar-refractivity contribution in [2.45, 2.75) is 130 Å². The molecule has 0 aromatic rings. The molecule has 0 bridgehead atoms. The molecule has 0 aromatic heterocycles. The van der Waals surface area contributed by atoms with Gasteiger partial charge in [-0.25, -0.2) is 4.79 Å². The minimum atomic E-state index is -1.75. The monoisotopic (exact) mass is 486 g/mol. The van der Waals surface area contributed by atoms with Crippen LogP contribution in [0.15, 0.2) is 0 Å². The van der Waals surface area contributed by atoms with E-state index in [2.05, 4.69) is 20.8 Å². The summed E-state index contributed by atoms with van der Waals surface area (Å²) in [5.74, 6) is -3.60. The van der Waals surface area contributed by atoms with Gasteiger partial charge in [0, 0.05) is 0 Å². The van der Waals surface area contributed by atoms with Crippen LogP contribution in [0.25, 0.3) is 0 Å². The van der Waals surface area contributed by atoms with Crippen LogP contribution in [0.3, 0.4) is 0 Å². The summed E-state index contributed by atoms with van der Waals surface area (Å²) in [5, 5.41) is 10.5. The highest BCUT2D eigenvalue weighted by Crippen LogP contribution is 2.16. The third-order valence-corrected chi connectivity index (χ3v) is 5.81. The Kier molecular flexibility index (Phi) is 22.0. The van der Waals surface area contributed by atoms with Crippen LogP contribution in [0.1, 0.15) is 124 Å². The normalized spacial score (nSPS) is 12.7. The maximum atomic E-state index is 12.6. The van der Waals surface area contributed by atoms with Crippen molar-refractivity contribution >= 4 is 17.9 Å². The SMILES string of the molecule is CCCCCCCOC(=O)CC(C(=O)OCCCCCCC)C(O)C(=O)OCCCCCCC. The molecule has 0 aliphatic heterocycles. The zero-order valence-corrected chi connectivity index (χ0v) is 22.0. The lowest BCUT2D eigenvalue weighted by atomic mass is 9.98. The molecule has 0 aromatic carbocycles. The third-order valence-electron chi connectivity index (χ3n) is 5.81. The van der Waals surface area contributed by atoms with E-state index in [1.54, 1.807) is 0 Å². The maximum Gasteiger partial charge on any atom is 0.335 e. The van der Waals surface area contributed by atoms with E-state index in [9.17, 15) is 19.5 Å². The number of carbonyl (C=O) groups excluding carboxylic acids is 3. The number of rotatable bonds is 23. The summed E-state index contributed by atoms with van der Waals surface area (Å²) in [5.41, 5.74) is 0. The third kappa shape index (κ3) is 17.8. The van der Waals surface area contributed by atoms with Crippen LogP contribution in [0, 0.1) is 5.92 Å². The smallest absolute Gasteiger partial charge is 0.335 e. The van der Waals surface area contributed by atoms with Crippen LogP contribution >= 0.6 is 0 Å². The summed E-state index contributed by atoms with van der Waals surface area (Å²) in [6.07, 6.45) is 12.8. The van der Waals surface area contributed by atoms with Gasteiger partial charge in [0.05, 0.1) is 26.2 Å². The first-order valence-electron chi connectivity index (χ1n) is 13.6. The zero-order chi connectivity index (χ0) is 25.4. The van der Waals surface area contributed by atoms with Gasteiger partial charge in [-0.15, -0.1) is 0 Å². The molecule has 2 unspecified atom stereocenters. The molecule has 2 atom stereocenters. The van der Waals surface area contributed by atoms with Gasteiger partial charge in [0.2, 0.25) is 0 Å². The second-order valence-corrected chi connectivity index (χ2v) is 9.05. The van der Waals surface area contributed by atoms with Gasteiger partial charge in [-0.3, -0.25) is 9.59 Å². The standard InChI is InChI=1S/C27H50O7/c1-4-7-10-13-16-19-32-24(28)22-23(26(30)33-20-17-14-11-8-5-2)25(29)27(31)34-21-18-15-12-9-6-3/h23,25,29H,4-22H2,1-3H3. The van der Waals surface area contributed by atoms with E-state index in [-0.39, 0.29) is 19.8 Å². The summed E-state index contributed by atoms with van der Waals surface area (Å²) >= 11 is 0. The van der Waals surface area contributed by atoms with Crippen molar-refractivity contribution in [1.82, 2.24) is 0 Å². The zero-order valence-electron chi connectivity index (χ0n) is 22.0. The Bertz CT molecular complexity index is 521. The van der Waals surface area contributed by atoms with Crippen molar-refractivity contribution < 1.29 is 33.7 Å². The summed E-state index contributed by atoms with van der Waals surface area (Å²) in [6, 6.07) is 0. The number of hydrogen-bond donors (Lipinski definition) is 1. The number of unbranched alkanes of at least 4 members (excludes halogenated alkanes) is 12. The van der Waals surface area contributed by atoms with Gasteiger partial charge in [-0.2, -0.15) is 0 Å². The topological polar surface area (TPSA) is 99.1 Å². The average molecular weight is 487 g/mol. The highest BCUT2D eigenvalue weighted by molar-refractivity contribution is 5.87. The molecule has 0 aliphatic carbocycles. The van der Waals surface area contributed by atoms with Crippen molar-refractivity contribution in [3.05, 3.63) is 0 Å². The quantitative estimate of drug-likeness (QED) is 0.109. The Morgan fingerprint density at radius 1 is 0.559 bits per heavy atom. The Morgan fingerprint density at radius 3 is 1.38 bits per heavy atom. The Hall–Kier alpha value is -1.63. The minimum absolute atomic E-state index is 0.182. The summed E-state index contributed by atoms with van der Waals surface area (Å²) in [7, 11) is 0. The Labute approximate surface area is 207 Å². The highest BCUT2D eigenvalue weighted by Gasteiger charge is 2.37. The molecule has 200 valence electrons. The van der Waals surface area contributed by atoms with Gasteiger partial charge in [0.25, 0.3) is 0 Å². The molecule has 0 saturated heterocycles. The predicted octanol–water partition coefficient (Wildman–Crippen LogP) is 5.89. The molecule has 0 aliphatic rings. The van der Waals surface area contributed by atoms with Gasteiger partial charge in [-0.05, 0) is 19.3 Å². The molecular formula is C27H50O7. The second kappa shape index (κ2) is 23.1. The number of ether oxygens (including phenoxy) is 3. The predicted molar refractivity (Wildman–Crippen MR) is 133 cm³/mol. The summed E-state index contributed by atoms with van der Waals surface area (Å²) in [6.45, 7) is 7.03. The van der Waals surface area contributed by atoms with Crippen LogP contribution in [0.2, 0.25) is 0 Å². The second-order valence-electron chi connectivity index (χ2n) is 9.05.